The molecule has 2 heterocycles. The number of likely N-dealkylation sites (tertiary alicyclic amines) is 1. The van der Waals surface area contributed by atoms with E-state index in [0.717, 1.165) is 27.3 Å². The molecule has 3 aromatic rings. The lowest BCUT2D eigenvalue weighted by molar-refractivity contribution is -0.138. The Bertz CT molecular complexity index is 1590. The van der Waals surface area contributed by atoms with Crippen LogP contribution in [0.4, 0.5) is 13.2 Å². The predicted octanol–water partition coefficient (Wildman–Crippen LogP) is 6.08. The van der Waals surface area contributed by atoms with Crippen molar-refractivity contribution in [2.45, 2.75) is 66.0 Å². The van der Waals surface area contributed by atoms with Gasteiger partial charge in [0.15, 0.2) is 5.82 Å². The molecule has 0 spiro atoms. The number of aliphatic carboxylic acids is 1. The summed E-state index contributed by atoms with van der Waals surface area (Å²) in [5, 5.41) is 12.5. The zero-order chi connectivity index (χ0) is 33.0. The number of carboxylic acids is 1. The summed E-state index contributed by atoms with van der Waals surface area (Å²) in [7, 11) is 0. The summed E-state index contributed by atoms with van der Waals surface area (Å²) in [5.74, 6) is -3.70. The fourth-order valence-electron chi connectivity index (χ4n) is 6.17. The van der Waals surface area contributed by atoms with Gasteiger partial charge in [0, 0.05) is 37.3 Å². The zero-order valence-corrected chi connectivity index (χ0v) is 26.5. The third-order valence-corrected chi connectivity index (χ3v) is 8.48. The lowest BCUT2D eigenvalue weighted by atomic mass is 9.90. The molecule has 1 aliphatic rings. The molecule has 0 aliphatic carbocycles. The number of halogens is 3. The van der Waals surface area contributed by atoms with Crippen molar-refractivity contribution in [1.82, 2.24) is 14.8 Å². The van der Waals surface area contributed by atoms with Crippen LogP contribution >= 0.6 is 0 Å². The van der Waals surface area contributed by atoms with Crippen LogP contribution in [0.15, 0.2) is 47.4 Å². The number of carbonyl (C=O) groups is 2. The number of nitrogens with zero attached hydrogens (tertiary/aromatic N) is 2. The number of nitrogens with one attached hydrogen (secondary N) is 1. The molecule has 1 amide bonds. The number of hydrogen-bond donors (Lipinski definition) is 2. The summed E-state index contributed by atoms with van der Waals surface area (Å²) < 4.78 is 44.6. The summed E-state index contributed by atoms with van der Waals surface area (Å²) in [6.07, 6.45) is 1.40. The second-order valence-corrected chi connectivity index (χ2v) is 12.7. The third kappa shape index (κ3) is 8.03. The Morgan fingerprint density at radius 3 is 2.31 bits per heavy atom. The highest BCUT2D eigenvalue weighted by atomic mass is 19.1. The average Bonchev–Trinajstić information content (AvgIpc) is 2.93. The van der Waals surface area contributed by atoms with Crippen molar-refractivity contribution in [1.29, 1.82) is 0 Å². The van der Waals surface area contributed by atoms with Gasteiger partial charge in [-0.3, -0.25) is 18.8 Å². The molecule has 2 atom stereocenters. The summed E-state index contributed by atoms with van der Waals surface area (Å²) in [6, 6.07) is 7.77. The van der Waals surface area contributed by atoms with Crippen LogP contribution in [0.5, 0.6) is 0 Å². The summed E-state index contributed by atoms with van der Waals surface area (Å²) >= 11 is 0. The van der Waals surface area contributed by atoms with Gasteiger partial charge in [0.05, 0.1) is 19.1 Å². The van der Waals surface area contributed by atoms with Crippen LogP contribution < -0.4 is 10.9 Å². The Morgan fingerprint density at radius 1 is 1.04 bits per heavy atom. The molecule has 2 N–H and O–H groups in total. The third-order valence-electron chi connectivity index (χ3n) is 8.48. The molecule has 0 bridgehead atoms. The van der Waals surface area contributed by atoms with E-state index < -0.39 is 47.6 Å². The zero-order valence-electron chi connectivity index (χ0n) is 26.5. The number of aryl methyl sites for hydroxylation is 3. The van der Waals surface area contributed by atoms with E-state index in [0.29, 0.717) is 42.7 Å². The Kier molecular flexibility index (Phi) is 10.9. The number of alkyl halides is 1. The molecule has 4 rings (SSSR count). The number of benzene rings is 2. The van der Waals surface area contributed by atoms with Crippen molar-refractivity contribution < 1.29 is 27.9 Å². The maximum atomic E-state index is 15.7. The first-order chi connectivity index (χ1) is 21.3. The lowest BCUT2D eigenvalue weighted by Gasteiger charge is -2.37. The van der Waals surface area contributed by atoms with E-state index in [1.54, 1.807) is 19.1 Å². The van der Waals surface area contributed by atoms with E-state index in [1.165, 1.54) is 6.20 Å². The fraction of sp³-hybridized carbons (Fsp3) is 0.457. The van der Waals surface area contributed by atoms with Crippen molar-refractivity contribution in [3.63, 3.8) is 0 Å². The van der Waals surface area contributed by atoms with Crippen LogP contribution in [0.1, 0.15) is 66.6 Å². The van der Waals surface area contributed by atoms with Gasteiger partial charge in [-0.25, -0.2) is 8.78 Å². The van der Waals surface area contributed by atoms with Crippen LogP contribution in [0.3, 0.4) is 0 Å². The highest BCUT2D eigenvalue weighted by Crippen LogP contribution is 2.33. The van der Waals surface area contributed by atoms with Gasteiger partial charge in [-0.2, -0.15) is 0 Å². The number of carbonyl (C=O) groups excluding carboxylic acids is 1. The number of amides is 1. The molecule has 10 heteroatoms. The van der Waals surface area contributed by atoms with Crippen molar-refractivity contribution in [2.24, 2.45) is 11.8 Å². The van der Waals surface area contributed by atoms with E-state index in [1.807, 2.05) is 50.8 Å². The van der Waals surface area contributed by atoms with E-state index in [4.69, 9.17) is 0 Å². The van der Waals surface area contributed by atoms with Gasteiger partial charge in [0.2, 0.25) is 5.91 Å². The normalized spacial score (nSPS) is 15.1. The first-order valence-electron chi connectivity index (χ1n) is 15.4. The summed E-state index contributed by atoms with van der Waals surface area (Å²) in [5.41, 5.74) is 3.32. The molecule has 1 aliphatic heterocycles. The number of aromatic nitrogens is 1. The smallest absolute Gasteiger partial charge is 0.305 e. The van der Waals surface area contributed by atoms with E-state index in [-0.39, 0.29) is 30.5 Å². The van der Waals surface area contributed by atoms with Crippen LogP contribution in [0.2, 0.25) is 0 Å². The second kappa shape index (κ2) is 14.5. The minimum atomic E-state index is -1.26. The minimum absolute atomic E-state index is 0.00335. The second-order valence-electron chi connectivity index (χ2n) is 12.7. The first kappa shape index (κ1) is 34.0. The fourth-order valence-corrected chi connectivity index (χ4v) is 6.17. The molecule has 0 radical (unpaired) electrons. The molecule has 1 aromatic heterocycles. The molecule has 7 nitrogen and oxygen atoms in total. The van der Waals surface area contributed by atoms with Crippen LogP contribution in [-0.2, 0) is 16.0 Å². The van der Waals surface area contributed by atoms with Crippen LogP contribution in [-0.4, -0.2) is 52.8 Å². The van der Waals surface area contributed by atoms with Crippen molar-refractivity contribution >= 4 is 11.9 Å². The minimum Gasteiger partial charge on any atom is -0.481 e. The Balaban J connectivity index is 1.69. The predicted molar refractivity (Wildman–Crippen MR) is 168 cm³/mol. The van der Waals surface area contributed by atoms with E-state index >= 15 is 4.39 Å². The molecular weight excluding hydrogens is 583 g/mol. The van der Waals surface area contributed by atoms with Gasteiger partial charge in [-0.1, -0.05) is 32.0 Å². The highest BCUT2D eigenvalue weighted by molar-refractivity contribution is 5.82. The van der Waals surface area contributed by atoms with Gasteiger partial charge in [-0.05, 0) is 91.1 Å². The molecule has 1 fully saturated rings. The number of carboxylic acid groups (broad SMARTS) is 1. The van der Waals surface area contributed by atoms with Gasteiger partial charge in [0.25, 0.3) is 5.56 Å². The van der Waals surface area contributed by atoms with Gasteiger partial charge >= 0.3 is 5.97 Å². The average molecular weight is 626 g/mol. The maximum Gasteiger partial charge on any atom is 0.305 e. The van der Waals surface area contributed by atoms with Gasteiger partial charge < -0.3 is 19.9 Å². The molecule has 2 aromatic carbocycles. The summed E-state index contributed by atoms with van der Waals surface area (Å²) in [4.78, 5) is 41.0. The lowest BCUT2D eigenvalue weighted by Crippen LogP contribution is -2.48. The molecule has 2 unspecified atom stereocenters. The van der Waals surface area contributed by atoms with Gasteiger partial charge in [-0.15, -0.1) is 0 Å². The quantitative estimate of drug-likeness (QED) is 0.240. The summed E-state index contributed by atoms with van der Waals surface area (Å²) in [6.45, 7) is 10.5. The maximum absolute atomic E-state index is 15.7. The highest BCUT2D eigenvalue weighted by Gasteiger charge is 2.30. The topological polar surface area (TPSA) is 91.6 Å². The van der Waals surface area contributed by atoms with E-state index in [9.17, 15) is 28.3 Å². The molecule has 1 saturated heterocycles. The molecular formula is C35H42F3N3O4. The Morgan fingerprint density at radius 2 is 1.71 bits per heavy atom. The number of rotatable bonds is 13. The van der Waals surface area contributed by atoms with Crippen molar-refractivity contribution in [2.75, 3.05) is 26.3 Å². The molecule has 45 heavy (non-hydrogen) atoms. The van der Waals surface area contributed by atoms with Crippen molar-refractivity contribution in [3.05, 3.63) is 92.4 Å². The van der Waals surface area contributed by atoms with Gasteiger partial charge in [0.1, 0.15) is 11.9 Å². The number of pyridine rings is 1. The number of hydrogen-bond acceptors (Lipinski definition) is 4. The molecule has 0 saturated carbocycles. The standard InChI is InChI=1S/C35H42F3N3O4/c1-20(2)11-30(41-19-24(13-28(37)35(41)45)9-10-40-17-25(16-36)18-40)34(44)39-29(15-31(42)43)27-14-26(12-23(5)33(27)38)32-21(3)7-6-8-22(32)4/h6-8,12-14,19-20,25,29-30H,9-11,15-18H2,1-5H3,(H,39,44)(H,42,43). The largest absolute Gasteiger partial charge is 0.481 e. The van der Waals surface area contributed by atoms with E-state index in [2.05, 4.69) is 5.32 Å². The molecule has 242 valence electrons. The SMILES string of the molecule is Cc1cc(-c2c(C)cccc2C)cc(C(CC(=O)O)NC(=O)C(CC(C)C)n2cc(CCN3CC(CF)C3)cc(F)c2=O)c1F. The Labute approximate surface area is 262 Å². The van der Waals surface area contributed by atoms with Crippen LogP contribution in [0, 0.1) is 44.2 Å². The van der Waals surface area contributed by atoms with Crippen LogP contribution in [0.25, 0.3) is 11.1 Å². The monoisotopic (exact) mass is 625 g/mol. The first-order valence-corrected chi connectivity index (χ1v) is 15.4. The Hall–Kier alpha value is -3.92. The van der Waals surface area contributed by atoms with Crippen molar-refractivity contribution in [3.8, 4) is 11.1 Å².